The van der Waals surface area contributed by atoms with Gasteiger partial charge in [-0.1, -0.05) is 24.3 Å². The van der Waals surface area contributed by atoms with Crippen molar-refractivity contribution in [2.24, 2.45) is 11.8 Å². The summed E-state index contributed by atoms with van der Waals surface area (Å²) in [6.07, 6.45) is 8.76. The van der Waals surface area contributed by atoms with Gasteiger partial charge >= 0.3 is 0 Å². The second-order valence-electron chi connectivity index (χ2n) is 11.5. The quantitative estimate of drug-likeness (QED) is 0.329. The normalized spacial score (nSPS) is 27.6. The van der Waals surface area contributed by atoms with Gasteiger partial charge in [0.1, 0.15) is 23.1 Å². The van der Waals surface area contributed by atoms with Crippen LogP contribution < -0.4 is 19.3 Å². The summed E-state index contributed by atoms with van der Waals surface area (Å²) in [6, 6.07) is 13.6. The summed E-state index contributed by atoms with van der Waals surface area (Å²) >= 11 is 0. The second-order valence-corrected chi connectivity index (χ2v) is 11.5. The van der Waals surface area contributed by atoms with Crippen molar-refractivity contribution >= 4 is 29.1 Å². The summed E-state index contributed by atoms with van der Waals surface area (Å²) < 4.78 is 17.6. The first-order valence-corrected chi connectivity index (χ1v) is 15.4. The van der Waals surface area contributed by atoms with Gasteiger partial charge < -0.3 is 34.0 Å². The van der Waals surface area contributed by atoms with E-state index in [1.165, 1.54) is 0 Å². The molecule has 4 aliphatic heterocycles. The van der Waals surface area contributed by atoms with Crippen LogP contribution in [0.2, 0.25) is 0 Å². The molecule has 10 nitrogen and oxygen atoms in total. The molecule has 0 aliphatic carbocycles. The number of hydrogen-bond acceptors (Lipinski definition) is 7. The largest absolute Gasteiger partial charge is 0.497 e. The number of ether oxygens (including phenoxy) is 3. The first-order chi connectivity index (χ1) is 21.4. The number of rotatable bonds is 10. The zero-order valence-corrected chi connectivity index (χ0v) is 25.1. The number of fused-ring (bicyclic) bond motifs is 2. The van der Waals surface area contributed by atoms with Crippen LogP contribution in [0.4, 0.5) is 11.4 Å². The predicted molar refractivity (Wildman–Crippen MR) is 165 cm³/mol. The van der Waals surface area contributed by atoms with Gasteiger partial charge in [0.15, 0.2) is 0 Å². The van der Waals surface area contributed by atoms with E-state index >= 15 is 0 Å². The fourth-order valence-electron chi connectivity index (χ4n) is 7.06. The Hall–Kier alpha value is -4.15. The average molecular weight is 602 g/mol. The number of aliphatic hydroxyl groups is 1. The average Bonchev–Trinajstić information content (AvgIpc) is 3.34. The van der Waals surface area contributed by atoms with Gasteiger partial charge in [0.25, 0.3) is 5.91 Å². The van der Waals surface area contributed by atoms with E-state index in [-0.39, 0.29) is 24.3 Å². The molecule has 0 bridgehead atoms. The van der Waals surface area contributed by atoms with E-state index in [1.54, 1.807) is 33.9 Å². The first kappa shape index (κ1) is 29.9. The maximum absolute atomic E-state index is 14.5. The van der Waals surface area contributed by atoms with E-state index in [1.807, 2.05) is 67.6 Å². The highest BCUT2D eigenvalue weighted by Gasteiger charge is 2.71. The minimum atomic E-state index is -1.30. The van der Waals surface area contributed by atoms with Crippen LogP contribution >= 0.6 is 0 Å². The lowest BCUT2D eigenvalue weighted by Crippen LogP contribution is -2.55. The van der Waals surface area contributed by atoms with Crippen molar-refractivity contribution in [1.29, 1.82) is 0 Å². The third-order valence-corrected chi connectivity index (χ3v) is 9.06. The third kappa shape index (κ3) is 5.05. The molecule has 0 aromatic heterocycles. The molecule has 44 heavy (non-hydrogen) atoms. The van der Waals surface area contributed by atoms with Crippen LogP contribution in [-0.4, -0.2) is 85.4 Å². The number of benzene rings is 2. The molecule has 0 saturated carbocycles. The molecule has 1 unspecified atom stereocenters. The number of carbonyl (C=O) groups excluding carboxylic acids is 3. The molecular formula is C34H39N3O7. The summed E-state index contributed by atoms with van der Waals surface area (Å²) in [5.41, 5.74) is 0.0769. The lowest BCUT2D eigenvalue weighted by Gasteiger charge is -2.35. The highest BCUT2D eigenvalue weighted by molar-refractivity contribution is 6.07. The van der Waals surface area contributed by atoms with Gasteiger partial charge in [-0.15, -0.1) is 0 Å². The van der Waals surface area contributed by atoms with Crippen molar-refractivity contribution in [1.82, 2.24) is 4.90 Å². The summed E-state index contributed by atoms with van der Waals surface area (Å²) in [4.78, 5) is 48.3. The molecule has 2 aromatic carbocycles. The number of methoxy groups -OCH3 is 1. The molecule has 1 N–H and O–H groups in total. The number of likely N-dealkylation sites (tertiary alicyclic amines) is 1. The number of unbranched alkanes of at least 4 members (excludes halogenated alkanes) is 2. The predicted octanol–water partition coefficient (Wildman–Crippen LogP) is 3.34. The number of hydrogen-bond donors (Lipinski definition) is 1. The smallest absolute Gasteiger partial charge is 0.253 e. The minimum Gasteiger partial charge on any atom is -0.497 e. The van der Waals surface area contributed by atoms with Gasteiger partial charge in [0.2, 0.25) is 11.8 Å². The zero-order chi connectivity index (χ0) is 30.8. The van der Waals surface area contributed by atoms with Crippen LogP contribution in [0.15, 0.2) is 72.8 Å². The van der Waals surface area contributed by atoms with Gasteiger partial charge in [-0.3, -0.25) is 14.4 Å². The standard InChI is InChI=1S/C34H39N3O7/c1-3-43-26-16-12-23(13-17-26)35-20-7-9-27-28(31(35)39)29-32(40)37(19-5-4-6-22-38)30-33(41)36(21-8-18-34(29,30)44-27)24-10-14-25(42-2)15-11-24/h7-18,27-30,38H,3-6,19-22H2,1-2H3/t27-,28+,29+,30?,34+/m1/s1. The van der Waals surface area contributed by atoms with Crippen molar-refractivity contribution in [2.45, 2.75) is 43.9 Å². The molecule has 0 radical (unpaired) electrons. The van der Waals surface area contributed by atoms with Crippen LogP contribution in [0, 0.1) is 11.8 Å². The van der Waals surface area contributed by atoms with Gasteiger partial charge in [-0.05, 0) is 74.7 Å². The molecule has 2 aromatic rings. The van der Waals surface area contributed by atoms with Gasteiger partial charge in [-0.2, -0.15) is 0 Å². The van der Waals surface area contributed by atoms with Crippen molar-refractivity contribution in [3.63, 3.8) is 0 Å². The Labute approximate surface area is 257 Å². The summed E-state index contributed by atoms with van der Waals surface area (Å²) in [6.45, 7) is 3.47. The Morgan fingerprint density at radius 1 is 0.864 bits per heavy atom. The third-order valence-electron chi connectivity index (χ3n) is 9.06. The van der Waals surface area contributed by atoms with Gasteiger partial charge in [-0.25, -0.2) is 0 Å². The number of carbonyl (C=O) groups is 3. The Morgan fingerprint density at radius 3 is 2.18 bits per heavy atom. The Morgan fingerprint density at radius 2 is 1.52 bits per heavy atom. The van der Waals surface area contributed by atoms with Crippen molar-refractivity contribution < 1.29 is 33.7 Å². The molecule has 2 saturated heterocycles. The highest BCUT2D eigenvalue weighted by atomic mass is 16.5. The molecule has 6 rings (SSSR count). The maximum Gasteiger partial charge on any atom is 0.253 e. The van der Waals surface area contributed by atoms with Crippen LogP contribution in [0.5, 0.6) is 11.5 Å². The molecule has 5 atom stereocenters. The van der Waals surface area contributed by atoms with Crippen LogP contribution in [0.3, 0.4) is 0 Å². The zero-order valence-electron chi connectivity index (χ0n) is 25.1. The fraction of sp³-hybridized carbons (Fsp3) is 0.441. The summed E-state index contributed by atoms with van der Waals surface area (Å²) in [5, 5.41) is 9.32. The van der Waals surface area contributed by atoms with E-state index in [2.05, 4.69) is 0 Å². The maximum atomic E-state index is 14.5. The number of nitrogens with zero attached hydrogens (tertiary/aromatic N) is 3. The fourth-order valence-corrected chi connectivity index (χ4v) is 7.06. The van der Waals surface area contributed by atoms with Crippen LogP contribution in [0.25, 0.3) is 0 Å². The van der Waals surface area contributed by atoms with E-state index in [9.17, 15) is 19.5 Å². The van der Waals surface area contributed by atoms with Crippen molar-refractivity contribution in [3.05, 3.63) is 72.8 Å². The van der Waals surface area contributed by atoms with Gasteiger partial charge in [0, 0.05) is 37.6 Å². The molecule has 1 spiro atoms. The first-order valence-electron chi connectivity index (χ1n) is 15.4. The Bertz CT molecular complexity index is 1440. The number of amides is 3. The number of anilines is 2. The lowest BCUT2D eigenvalue weighted by atomic mass is 9.77. The topological polar surface area (TPSA) is 109 Å². The Kier molecular flexibility index (Phi) is 8.46. The molecular weight excluding hydrogens is 562 g/mol. The lowest BCUT2D eigenvalue weighted by molar-refractivity contribution is -0.140. The SMILES string of the molecule is CCOc1ccc(N2CC=C[C@H]3O[C@]45C=CCN(c6ccc(OC)cc6)C(=O)C4N(CCCCCO)C(=O)[C@@H]5[C@H]3C2=O)cc1. The summed E-state index contributed by atoms with van der Waals surface area (Å²) in [5.74, 6) is -1.01. The number of aliphatic hydroxyl groups excluding tert-OH is 1. The van der Waals surface area contributed by atoms with E-state index in [0.717, 1.165) is 0 Å². The highest BCUT2D eigenvalue weighted by Crippen LogP contribution is 2.54. The Balaban J connectivity index is 1.37. The van der Waals surface area contributed by atoms with E-state index in [4.69, 9.17) is 14.2 Å². The second kappa shape index (κ2) is 12.5. The molecule has 2 fully saturated rings. The molecule has 232 valence electrons. The van der Waals surface area contributed by atoms with Crippen LogP contribution in [-0.2, 0) is 19.1 Å². The molecule has 4 heterocycles. The summed E-state index contributed by atoms with van der Waals surface area (Å²) in [7, 11) is 1.59. The van der Waals surface area contributed by atoms with E-state index < -0.39 is 29.6 Å². The molecule has 4 aliphatic rings. The van der Waals surface area contributed by atoms with Crippen molar-refractivity contribution in [2.75, 3.05) is 49.8 Å². The monoisotopic (exact) mass is 601 g/mol. The van der Waals surface area contributed by atoms with E-state index in [0.29, 0.717) is 68.4 Å². The van der Waals surface area contributed by atoms with Gasteiger partial charge in [0.05, 0.1) is 31.7 Å². The molecule has 10 heteroatoms. The van der Waals surface area contributed by atoms with Crippen LogP contribution in [0.1, 0.15) is 26.2 Å². The molecule has 3 amide bonds. The minimum absolute atomic E-state index is 0.0614. The van der Waals surface area contributed by atoms with Crippen molar-refractivity contribution in [3.8, 4) is 11.5 Å².